The minimum Gasteiger partial charge on any atom is -0.314 e. The average Bonchev–Trinajstić information content (AvgIpc) is 2.39. The van der Waals surface area contributed by atoms with Crippen molar-refractivity contribution in [2.75, 3.05) is 66.6 Å². The van der Waals surface area contributed by atoms with E-state index in [1.165, 1.54) is 52.0 Å². The number of nitrogens with one attached hydrogen (secondary N) is 1. The highest BCUT2D eigenvalue weighted by Gasteiger charge is 2.17. The summed E-state index contributed by atoms with van der Waals surface area (Å²) in [7, 11) is 4.52. The van der Waals surface area contributed by atoms with E-state index in [9.17, 15) is 0 Å². The zero-order valence-electron chi connectivity index (χ0n) is 12.2. The second-order valence-corrected chi connectivity index (χ2v) is 6.12. The van der Waals surface area contributed by atoms with Crippen molar-refractivity contribution in [3.63, 3.8) is 0 Å². The Balaban J connectivity index is 1.57. The summed E-state index contributed by atoms with van der Waals surface area (Å²) in [6.45, 7) is 9.73. The van der Waals surface area contributed by atoms with Gasteiger partial charge in [0, 0.05) is 26.2 Å². The Bertz CT molecular complexity index is 220. The summed E-state index contributed by atoms with van der Waals surface area (Å²) >= 11 is 0. The van der Waals surface area contributed by atoms with Crippen molar-refractivity contribution >= 4 is 0 Å². The van der Waals surface area contributed by atoms with Gasteiger partial charge in [-0.2, -0.15) is 0 Å². The number of hydrogen-bond acceptors (Lipinski definition) is 4. The largest absolute Gasteiger partial charge is 0.314 e. The smallest absolute Gasteiger partial charge is 0.0504 e. The zero-order valence-corrected chi connectivity index (χ0v) is 12.2. The Morgan fingerprint density at radius 2 is 1.78 bits per heavy atom. The lowest BCUT2D eigenvalue weighted by Gasteiger charge is -2.33. The van der Waals surface area contributed by atoms with Crippen molar-refractivity contribution in [1.82, 2.24) is 20.0 Å². The van der Waals surface area contributed by atoms with Crippen LogP contribution >= 0.6 is 0 Å². The molecular weight excluding hydrogens is 224 g/mol. The number of piperazine rings is 1. The van der Waals surface area contributed by atoms with Gasteiger partial charge in [-0.15, -0.1) is 0 Å². The topological polar surface area (TPSA) is 21.8 Å². The molecule has 0 aromatic rings. The SMILES string of the molecule is CN1CCC(CCN(C)CN2CCNCC2)CC1. The van der Waals surface area contributed by atoms with Crippen molar-refractivity contribution in [3.8, 4) is 0 Å². The lowest BCUT2D eigenvalue weighted by Crippen LogP contribution is -2.47. The Kier molecular flexibility index (Phi) is 5.89. The zero-order chi connectivity index (χ0) is 12.8. The first-order chi connectivity index (χ1) is 8.74. The minimum absolute atomic E-state index is 0.965. The molecule has 0 spiro atoms. The van der Waals surface area contributed by atoms with E-state index < -0.39 is 0 Å². The number of piperidine rings is 1. The Morgan fingerprint density at radius 3 is 2.44 bits per heavy atom. The molecule has 106 valence electrons. The van der Waals surface area contributed by atoms with E-state index in [0.717, 1.165) is 25.7 Å². The van der Waals surface area contributed by atoms with Gasteiger partial charge < -0.3 is 10.2 Å². The van der Waals surface area contributed by atoms with Gasteiger partial charge in [0.15, 0.2) is 0 Å². The molecule has 0 aromatic carbocycles. The summed E-state index contributed by atoms with van der Waals surface area (Å²) in [5.74, 6) is 0.965. The molecule has 2 aliphatic heterocycles. The van der Waals surface area contributed by atoms with Crippen LogP contribution in [0.1, 0.15) is 19.3 Å². The van der Waals surface area contributed by atoms with Gasteiger partial charge in [0.1, 0.15) is 0 Å². The number of likely N-dealkylation sites (tertiary alicyclic amines) is 1. The van der Waals surface area contributed by atoms with E-state index in [1.807, 2.05) is 0 Å². The monoisotopic (exact) mass is 254 g/mol. The summed E-state index contributed by atoms with van der Waals surface area (Å²) in [5, 5.41) is 3.41. The van der Waals surface area contributed by atoms with E-state index >= 15 is 0 Å². The molecular formula is C14H30N4. The molecule has 2 rings (SSSR count). The summed E-state index contributed by atoms with van der Waals surface area (Å²) in [5.41, 5.74) is 0. The molecule has 1 N–H and O–H groups in total. The van der Waals surface area contributed by atoms with Crippen LogP contribution in [0.2, 0.25) is 0 Å². The Morgan fingerprint density at radius 1 is 1.11 bits per heavy atom. The second-order valence-electron chi connectivity index (χ2n) is 6.12. The van der Waals surface area contributed by atoms with Gasteiger partial charge in [-0.05, 0) is 58.9 Å². The van der Waals surface area contributed by atoms with Crippen molar-refractivity contribution in [2.45, 2.75) is 19.3 Å². The molecule has 0 aliphatic carbocycles. The molecule has 4 nitrogen and oxygen atoms in total. The van der Waals surface area contributed by atoms with Gasteiger partial charge >= 0.3 is 0 Å². The van der Waals surface area contributed by atoms with Crippen LogP contribution in [0.4, 0.5) is 0 Å². The quantitative estimate of drug-likeness (QED) is 0.772. The summed E-state index contributed by atoms with van der Waals surface area (Å²) < 4.78 is 0. The summed E-state index contributed by atoms with van der Waals surface area (Å²) in [6, 6.07) is 0. The van der Waals surface area contributed by atoms with Gasteiger partial charge in [-0.1, -0.05) is 0 Å². The van der Waals surface area contributed by atoms with Crippen LogP contribution in [0.15, 0.2) is 0 Å². The maximum atomic E-state index is 3.41. The predicted molar refractivity (Wildman–Crippen MR) is 76.8 cm³/mol. The maximum absolute atomic E-state index is 3.41. The Labute approximate surface area is 112 Å². The lowest BCUT2D eigenvalue weighted by atomic mass is 9.94. The first-order valence-electron chi connectivity index (χ1n) is 7.54. The van der Waals surface area contributed by atoms with Crippen LogP contribution < -0.4 is 5.32 Å². The third-order valence-corrected chi connectivity index (χ3v) is 4.41. The lowest BCUT2D eigenvalue weighted by molar-refractivity contribution is 0.127. The molecule has 2 saturated heterocycles. The highest BCUT2D eigenvalue weighted by molar-refractivity contribution is 4.72. The van der Waals surface area contributed by atoms with Gasteiger partial charge in [-0.3, -0.25) is 9.80 Å². The molecule has 0 unspecified atom stereocenters. The molecule has 2 fully saturated rings. The van der Waals surface area contributed by atoms with Crippen molar-refractivity contribution in [2.24, 2.45) is 5.92 Å². The fourth-order valence-corrected chi connectivity index (χ4v) is 3.02. The second kappa shape index (κ2) is 7.43. The molecule has 0 saturated carbocycles. The van der Waals surface area contributed by atoms with Gasteiger partial charge in [-0.25, -0.2) is 0 Å². The summed E-state index contributed by atoms with van der Waals surface area (Å²) in [6.07, 6.45) is 4.19. The summed E-state index contributed by atoms with van der Waals surface area (Å²) in [4.78, 5) is 7.52. The highest BCUT2D eigenvalue weighted by Crippen LogP contribution is 2.19. The van der Waals surface area contributed by atoms with E-state index in [0.29, 0.717) is 0 Å². The molecule has 18 heavy (non-hydrogen) atoms. The number of nitrogens with zero attached hydrogens (tertiary/aromatic N) is 3. The molecule has 0 aromatic heterocycles. The molecule has 0 bridgehead atoms. The number of hydrogen-bond donors (Lipinski definition) is 1. The van der Waals surface area contributed by atoms with Crippen LogP contribution in [-0.2, 0) is 0 Å². The maximum Gasteiger partial charge on any atom is 0.0504 e. The first kappa shape index (κ1) is 14.3. The van der Waals surface area contributed by atoms with Crippen molar-refractivity contribution in [1.29, 1.82) is 0 Å². The highest BCUT2D eigenvalue weighted by atomic mass is 15.3. The van der Waals surface area contributed by atoms with E-state index in [4.69, 9.17) is 0 Å². The van der Waals surface area contributed by atoms with E-state index in [-0.39, 0.29) is 0 Å². The van der Waals surface area contributed by atoms with Crippen LogP contribution in [0, 0.1) is 5.92 Å². The average molecular weight is 254 g/mol. The molecule has 0 atom stereocenters. The first-order valence-corrected chi connectivity index (χ1v) is 7.54. The van der Waals surface area contributed by atoms with Gasteiger partial charge in [0.25, 0.3) is 0 Å². The van der Waals surface area contributed by atoms with Gasteiger partial charge in [0.05, 0.1) is 6.67 Å². The fourth-order valence-electron chi connectivity index (χ4n) is 3.02. The van der Waals surface area contributed by atoms with Crippen LogP contribution in [0.3, 0.4) is 0 Å². The normalized spacial score (nSPS) is 24.8. The Hall–Kier alpha value is -0.160. The standard InChI is InChI=1S/C14H30N4/c1-16-8-3-14(4-9-16)5-10-17(2)13-18-11-6-15-7-12-18/h14-15H,3-13H2,1-2H3. The third kappa shape index (κ3) is 4.84. The number of rotatable bonds is 5. The van der Waals surface area contributed by atoms with Crippen LogP contribution in [-0.4, -0.2) is 81.3 Å². The molecule has 2 heterocycles. The van der Waals surface area contributed by atoms with Crippen molar-refractivity contribution in [3.05, 3.63) is 0 Å². The predicted octanol–water partition coefficient (Wildman–Crippen LogP) is 0.513. The molecule has 2 aliphatic rings. The van der Waals surface area contributed by atoms with Crippen molar-refractivity contribution < 1.29 is 0 Å². The van der Waals surface area contributed by atoms with Gasteiger partial charge in [0.2, 0.25) is 0 Å². The van der Waals surface area contributed by atoms with Crippen LogP contribution in [0.5, 0.6) is 0 Å². The third-order valence-electron chi connectivity index (χ3n) is 4.41. The minimum atomic E-state index is 0.965. The van der Waals surface area contributed by atoms with E-state index in [2.05, 4.69) is 34.1 Å². The molecule has 4 heteroatoms. The fraction of sp³-hybridized carbons (Fsp3) is 1.00. The molecule has 0 radical (unpaired) electrons. The van der Waals surface area contributed by atoms with E-state index in [1.54, 1.807) is 0 Å². The van der Waals surface area contributed by atoms with Crippen LogP contribution in [0.25, 0.3) is 0 Å². The molecule has 0 amide bonds.